The second-order valence-corrected chi connectivity index (χ2v) is 5.10. The van der Waals surface area contributed by atoms with Crippen LogP contribution in [0.5, 0.6) is 0 Å². The fourth-order valence-electron chi connectivity index (χ4n) is 1.74. The highest BCUT2D eigenvalue weighted by atomic mass is 79.9. The van der Waals surface area contributed by atoms with Crippen LogP contribution in [0.1, 0.15) is 21.5 Å². The van der Waals surface area contributed by atoms with Crippen LogP contribution in [0.2, 0.25) is 0 Å². The van der Waals surface area contributed by atoms with Gasteiger partial charge in [0.15, 0.2) is 5.78 Å². The Hall–Kier alpha value is -1.76. The highest BCUT2D eigenvalue weighted by Crippen LogP contribution is 2.32. The van der Waals surface area contributed by atoms with Crippen molar-refractivity contribution >= 4 is 21.7 Å². The Labute approximate surface area is 124 Å². The van der Waals surface area contributed by atoms with Crippen molar-refractivity contribution in [2.24, 2.45) is 0 Å². The number of hydrogen-bond donors (Lipinski definition) is 0. The van der Waals surface area contributed by atoms with Crippen LogP contribution in [-0.2, 0) is 6.18 Å². The van der Waals surface area contributed by atoms with Gasteiger partial charge < -0.3 is 0 Å². The molecule has 0 aliphatic heterocycles. The molecule has 0 heterocycles. The molecule has 21 heavy (non-hydrogen) atoms. The molecule has 0 saturated heterocycles. The molecule has 0 aliphatic rings. The molecule has 0 fully saturated rings. The van der Waals surface area contributed by atoms with Crippen LogP contribution >= 0.6 is 15.9 Å². The van der Waals surface area contributed by atoms with Crippen molar-refractivity contribution in [2.75, 3.05) is 0 Å². The van der Waals surface area contributed by atoms with Crippen LogP contribution in [0.15, 0.2) is 40.9 Å². The summed E-state index contributed by atoms with van der Waals surface area (Å²) < 4.78 is 64.5. The van der Waals surface area contributed by atoms with Gasteiger partial charge in [-0.05, 0) is 36.4 Å². The number of hydrogen-bond acceptors (Lipinski definition) is 1. The van der Waals surface area contributed by atoms with Gasteiger partial charge in [-0.3, -0.25) is 4.79 Å². The van der Waals surface area contributed by atoms with E-state index in [2.05, 4.69) is 15.9 Å². The topological polar surface area (TPSA) is 17.1 Å². The fourth-order valence-corrected chi connectivity index (χ4v) is 2.20. The third-order valence-electron chi connectivity index (χ3n) is 2.66. The van der Waals surface area contributed by atoms with Crippen LogP contribution in [-0.4, -0.2) is 5.78 Å². The van der Waals surface area contributed by atoms with Gasteiger partial charge in [-0.1, -0.05) is 15.9 Å². The molecule has 0 spiro atoms. The van der Waals surface area contributed by atoms with E-state index in [1.807, 2.05) is 0 Å². The minimum absolute atomic E-state index is 0.137. The number of carbonyl (C=O) groups excluding carboxylic acids is 1. The van der Waals surface area contributed by atoms with Gasteiger partial charge in [0.1, 0.15) is 11.6 Å². The van der Waals surface area contributed by atoms with E-state index in [-0.39, 0.29) is 15.6 Å². The standard InChI is InChI=1S/C14H6BrF5O/c15-9-3-8(4-10(16)6-9)13(21)7-1-2-12(17)11(5-7)14(18,19)20/h1-6H. The van der Waals surface area contributed by atoms with E-state index in [0.29, 0.717) is 12.1 Å². The van der Waals surface area contributed by atoms with Crippen molar-refractivity contribution in [2.45, 2.75) is 6.18 Å². The van der Waals surface area contributed by atoms with Crippen LogP contribution < -0.4 is 0 Å². The summed E-state index contributed by atoms with van der Waals surface area (Å²) in [6, 6.07) is 5.15. The number of ketones is 1. The zero-order chi connectivity index (χ0) is 15.8. The summed E-state index contributed by atoms with van der Waals surface area (Å²) >= 11 is 2.98. The second kappa shape index (κ2) is 5.55. The molecule has 0 radical (unpaired) electrons. The lowest BCUT2D eigenvalue weighted by molar-refractivity contribution is -0.140. The van der Waals surface area contributed by atoms with Crippen molar-refractivity contribution in [3.05, 3.63) is 69.2 Å². The summed E-state index contributed by atoms with van der Waals surface area (Å²) in [7, 11) is 0. The predicted octanol–water partition coefficient (Wildman–Crippen LogP) is 4.98. The van der Waals surface area contributed by atoms with Gasteiger partial charge >= 0.3 is 6.18 Å². The monoisotopic (exact) mass is 364 g/mol. The molecule has 0 aromatic heterocycles. The molecule has 0 saturated carbocycles. The van der Waals surface area contributed by atoms with Crippen LogP contribution in [0.4, 0.5) is 22.0 Å². The first-order valence-corrected chi connectivity index (χ1v) is 6.35. The fraction of sp³-hybridized carbons (Fsp3) is 0.0714. The zero-order valence-corrected chi connectivity index (χ0v) is 11.7. The molecule has 2 aromatic rings. The van der Waals surface area contributed by atoms with Crippen molar-refractivity contribution in [1.29, 1.82) is 0 Å². The van der Waals surface area contributed by atoms with E-state index in [0.717, 1.165) is 18.2 Å². The average molecular weight is 365 g/mol. The molecule has 2 rings (SSSR count). The Morgan fingerprint density at radius 2 is 1.62 bits per heavy atom. The maximum Gasteiger partial charge on any atom is 0.419 e. The summed E-state index contributed by atoms with van der Waals surface area (Å²) in [5, 5.41) is 0. The van der Waals surface area contributed by atoms with Gasteiger partial charge in [-0.25, -0.2) is 8.78 Å². The molecule has 0 N–H and O–H groups in total. The van der Waals surface area contributed by atoms with Crippen LogP contribution in [0.25, 0.3) is 0 Å². The molecular weight excluding hydrogens is 359 g/mol. The molecule has 7 heteroatoms. The molecule has 0 unspecified atom stereocenters. The van der Waals surface area contributed by atoms with Gasteiger partial charge in [0.2, 0.25) is 0 Å². The first-order chi connectivity index (χ1) is 9.68. The Morgan fingerprint density at radius 1 is 0.952 bits per heavy atom. The van der Waals surface area contributed by atoms with E-state index < -0.39 is 29.2 Å². The number of rotatable bonds is 2. The van der Waals surface area contributed by atoms with Gasteiger partial charge in [-0.2, -0.15) is 13.2 Å². The van der Waals surface area contributed by atoms with E-state index >= 15 is 0 Å². The average Bonchev–Trinajstić information content (AvgIpc) is 2.36. The van der Waals surface area contributed by atoms with Gasteiger partial charge in [0.05, 0.1) is 5.56 Å². The summed E-state index contributed by atoms with van der Waals surface area (Å²) in [5.41, 5.74) is -2.05. The maximum atomic E-state index is 13.2. The zero-order valence-electron chi connectivity index (χ0n) is 10.1. The quantitative estimate of drug-likeness (QED) is 0.542. The highest BCUT2D eigenvalue weighted by molar-refractivity contribution is 9.10. The van der Waals surface area contributed by atoms with Gasteiger partial charge in [0, 0.05) is 15.6 Å². The molecule has 110 valence electrons. The molecule has 1 nitrogen and oxygen atoms in total. The van der Waals surface area contributed by atoms with Crippen LogP contribution in [0.3, 0.4) is 0 Å². The van der Waals surface area contributed by atoms with Gasteiger partial charge in [-0.15, -0.1) is 0 Å². The van der Waals surface area contributed by atoms with Crippen LogP contribution in [0, 0.1) is 11.6 Å². The summed E-state index contributed by atoms with van der Waals surface area (Å²) in [4.78, 5) is 12.1. The summed E-state index contributed by atoms with van der Waals surface area (Å²) in [5.74, 6) is -3.02. The highest BCUT2D eigenvalue weighted by Gasteiger charge is 2.34. The third-order valence-corrected chi connectivity index (χ3v) is 3.12. The lowest BCUT2D eigenvalue weighted by Gasteiger charge is -2.10. The minimum atomic E-state index is -4.91. The Morgan fingerprint density at radius 3 is 2.19 bits per heavy atom. The lowest BCUT2D eigenvalue weighted by atomic mass is 10.0. The SMILES string of the molecule is O=C(c1cc(F)cc(Br)c1)c1ccc(F)c(C(F)(F)F)c1. The molecular formula is C14H6BrF5O. The molecule has 0 amide bonds. The Balaban J connectivity index is 2.49. The number of halogens is 6. The number of carbonyl (C=O) groups is 1. The molecule has 0 aliphatic carbocycles. The van der Waals surface area contributed by atoms with Gasteiger partial charge in [0.25, 0.3) is 0 Å². The summed E-state index contributed by atoms with van der Waals surface area (Å²) in [6.45, 7) is 0. The van der Waals surface area contributed by atoms with Crippen molar-refractivity contribution in [3.63, 3.8) is 0 Å². The van der Waals surface area contributed by atoms with E-state index in [9.17, 15) is 26.7 Å². The minimum Gasteiger partial charge on any atom is -0.289 e. The van der Waals surface area contributed by atoms with Crippen molar-refractivity contribution in [3.8, 4) is 0 Å². The predicted molar refractivity (Wildman–Crippen MR) is 68.9 cm³/mol. The smallest absolute Gasteiger partial charge is 0.289 e. The second-order valence-electron chi connectivity index (χ2n) is 4.18. The molecule has 0 atom stereocenters. The maximum absolute atomic E-state index is 13.2. The number of benzene rings is 2. The largest absolute Gasteiger partial charge is 0.419 e. The van der Waals surface area contributed by atoms with E-state index in [1.165, 1.54) is 6.07 Å². The lowest BCUT2D eigenvalue weighted by Crippen LogP contribution is -2.11. The Bertz CT molecular complexity index is 689. The first-order valence-electron chi connectivity index (χ1n) is 5.56. The van der Waals surface area contributed by atoms with Crippen molar-refractivity contribution < 1.29 is 26.7 Å². The van der Waals surface area contributed by atoms with Crippen molar-refractivity contribution in [1.82, 2.24) is 0 Å². The normalized spacial score (nSPS) is 11.5. The first kappa shape index (κ1) is 15.6. The Kier molecular flexibility index (Phi) is 4.13. The summed E-state index contributed by atoms with van der Waals surface area (Å²) in [6.07, 6.45) is -4.91. The van der Waals surface area contributed by atoms with E-state index in [1.54, 1.807) is 0 Å². The van der Waals surface area contributed by atoms with E-state index in [4.69, 9.17) is 0 Å². The molecule has 2 aromatic carbocycles. The third kappa shape index (κ3) is 3.47. The number of alkyl halides is 3. The molecule has 0 bridgehead atoms.